The van der Waals surface area contributed by atoms with Crippen LogP contribution < -0.4 is 4.74 Å². The lowest BCUT2D eigenvalue weighted by molar-refractivity contribution is -0.142. The van der Waals surface area contributed by atoms with Gasteiger partial charge in [-0.05, 0) is 67.3 Å². The van der Waals surface area contributed by atoms with Gasteiger partial charge in [-0.15, -0.1) is 0 Å². The second-order valence-electron chi connectivity index (χ2n) is 11.4. The molecule has 206 valence electrons. The number of nitrogens with zero attached hydrogens (tertiary/aromatic N) is 1. The Morgan fingerprint density at radius 3 is 1.92 bits per heavy atom. The van der Waals surface area contributed by atoms with Crippen molar-refractivity contribution in [2.75, 3.05) is 0 Å². The number of hydrogen-bond donors (Lipinski definition) is 0. The fraction of sp³-hybridized carbons (Fsp3) is 0.600. The molecule has 0 atom stereocenters. The minimum Gasteiger partial charge on any atom is -0.424 e. The normalized spacial score (nSPS) is 14.7. The summed E-state index contributed by atoms with van der Waals surface area (Å²) in [7, 11) is 0. The first-order valence-electron chi connectivity index (χ1n) is 15.5. The van der Waals surface area contributed by atoms with E-state index in [9.17, 15) is 10.1 Å². The molecule has 1 fully saturated rings. The Morgan fingerprint density at radius 2 is 1.32 bits per heavy atom. The molecule has 2 aromatic rings. The number of hydrogen-bond acceptors (Lipinski definition) is 3. The maximum atomic E-state index is 13.8. The summed E-state index contributed by atoms with van der Waals surface area (Å²) in [5, 5.41) is 9.82. The summed E-state index contributed by atoms with van der Waals surface area (Å²) in [5.41, 5.74) is 3.40. The van der Waals surface area contributed by atoms with Gasteiger partial charge in [-0.1, -0.05) is 121 Å². The molecule has 0 bridgehead atoms. The summed E-state index contributed by atoms with van der Waals surface area (Å²) in [4.78, 5) is 13.8. The molecule has 38 heavy (non-hydrogen) atoms. The highest BCUT2D eigenvalue weighted by atomic mass is 16.5. The number of esters is 1. The Bertz CT molecular complexity index is 1010. The summed E-state index contributed by atoms with van der Waals surface area (Å²) in [6, 6.07) is 16.8. The molecule has 0 N–H and O–H groups in total. The van der Waals surface area contributed by atoms with Crippen LogP contribution in [0.15, 0.2) is 42.5 Å². The molecule has 1 aliphatic carbocycles. The van der Waals surface area contributed by atoms with Crippen molar-refractivity contribution in [3.8, 4) is 11.8 Å². The lowest BCUT2D eigenvalue weighted by Gasteiger charge is -2.35. The van der Waals surface area contributed by atoms with Gasteiger partial charge in [-0.3, -0.25) is 4.79 Å². The molecule has 1 aliphatic rings. The Morgan fingerprint density at radius 1 is 0.763 bits per heavy atom. The summed E-state index contributed by atoms with van der Waals surface area (Å²) in [6.07, 6.45) is 20.8. The van der Waals surface area contributed by atoms with Crippen molar-refractivity contribution in [3.05, 3.63) is 64.7 Å². The third kappa shape index (κ3) is 8.72. The van der Waals surface area contributed by atoms with Crippen molar-refractivity contribution in [1.82, 2.24) is 0 Å². The van der Waals surface area contributed by atoms with E-state index in [0.717, 1.165) is 62.5 Å². The fourth-order valence-electron chi connectivity index (χ4n) is 5.91. The van der Waals surface area contributed by atoms with Gasteiger partial charge in [0, 0.05) is 0 Å². The molecule has 2 aromatic carbocycles. The van der Waals surface area contributed by atoms with Crippen molar-refractivity contribution >= 4 is 5.97 Å². The first kappa shape index (κ1) is 29.9. The zero-order chi connectivity index (χ0) is 27.1. The number of carbonyl (C=O) groups excluding carboxylic acids is 1. The molecular weight excluding hydrogens is 466 g/mol. The molecular formula is C35H49NO2. The van der Waals surface area contributed by atoms with E-state index in [1.54, 1.807) is 0 Å². The average Bonchev–Trinajstić information content (AvgIpc) is 2.96. The molecule has 3 rings (SSSR count). The minimum absolute atomic E-state index is 0.204. The number of rotatable bonds is 16. The highest BCUT2D eigenvalue weighted by molar-refractivity contribution is 5.85. The predicted molar refractivity (Wildman–Crippen MR) is 158 cm³/mol. The third-order valence-electron chi connectivity index (χ3n) is 8.36. The molecule has 1 saturated carbocycles. The van der Waals surface area contributed by atoms with Gasteiger partial charge in [-0.25, -0.2) is 0 Å². The molecule has 0 unspecified atom stereocenters. The summed E-state index contributed by atoms with van der Waals surface area (Å²) in [5.74, 6) is 0.197. The van der Waals surface area contributed by atoms with E-state index in [1.165, 1.54) is 69.8 Å². The number of aryl methyl sites for hydroxylation is 2. The van der Waals surface area contributed by atoms with Crippen LogP contribution in [0.5, 0.6) is 5.75 Å². The summed E-state index contributed by atoms with van der Waals surface area (Å²) >= 11 is 0. The zero-order valence-corrected chi connectivity index (χ0v) is 24.0. The number of ether oxygens (including phenoxy) is 1. The van der Waals surface area contributed by atoms with Gasteiger partial charge in [0.25, 0.3) is 0 Å². The van der Waals surface area contributed by atoms with Crippen molar-refractivity contribution in [2.45, 2.75) is 135 Å². The standard InChI is InChI=1S/C35H49NO2/c1-3-5-7-9-11-14-18-30-21-24-33(31(27-30)28-36)38-34(37)35(25-15-12-16-26-35)32-22-19-29(20-23-32)17-13-10-8-6-4-2/h19-24,27H,3-18,25-26H2,1-2H3. The molecule has 0 saturated heterocycles. The van der Waals surface area contributed by atoms with Crippen LogP contribution in [0.4, 0.5) is 0 Å². The molecule has 0 amide bonds. The largest absolute Gasteiger partial charge is 0.424 e. The van der Waals surface area contributed by atoms with Crippen molar-refractivity contribution in [3.63, 3.8) is 0 Å². The van der Waals surface area contributed by atoms with Crippen molar-refractivity contribution in [2.24, 2.45) is 0 Å². The molecule has 0 radical (unpaired) electrons. The van der Waals surface area contributed by atoms with Crippen LogP contribution in [0.2, 0.25) is 0 Å². The van der Waals surface area contributed by atoms with Gasteiger partial charge in [0.05, 0.1) is 11.0 Å². The quantitative estimate of drug-likeness (QED) is 0.127. The van der Waals surface area contributed by atoms with E-state index >= 15 is 0 Å². The van der Waals surface area contributed by atoms with E-state index in [1.807, 2.05) is 18.2 Å². The maximum Gasteiger partial charge on any atom is 0.321 e. The van der Waals surface area contributed by atoms with Crippen LogP contribution in [0.1, 0.15) is 139 Å². The fourth-order valence-corrected chi connectivity index (χ4v) is 5.91. The van der Waals surface area contributed by atoms with Gasteiger partial charge < -0.3 is 4.74 Å². The van der Waals surface area contributed by atoms with Crippen molar-refractivity contribution < 1.29 is 9.53 Å². The zero-order valence-electron chi connectivity index (χ0n) is 24.0. The number of carbonyl (C=O) groups is 1. The maximum absolute atomic E-state index is 13.8. The Labute approximate surface area is 232 Å². The highest BCUT2D eigenvalue weighted by Crippen LogP contribution is 2.41. The molecule has 3 nitrogen and oxygen atoms in total. The number of unbranched alkanes of at least 4 members (excludes halogenated alkanes) is 9. The van der Waals surface area contributed by atoms with Crippen LogP contribution in [-0.2, 0) is 23.1 Å². The van der Waals surface area contributed by atoms with E-state index in [0.29, 0.717) is 11.3 Å². The van der Waals surface area contributed by atoms with Crippen LogP contribution in [-0.4, -0.2) is 5.97 Å². The van der Waals surface area contributed by atoms with E-state index in [4.69, 9.17) is 4.74 Å². The smallest absolute Gasteiger partial charge is 0.321 e. The first-order chi connectivity index (χ1) is 18.6. The second kappa shape index (κ2) is 16.4. The van der Waals surface area contributed by atoms with Gasteiger partial charge in [-0.2, -0.15) is 5.26 Å². The lowest BCUT2D eigenvalue weighted by Crippen LogP contribution is -2.41. The molecule has 0 aliphatic heterocycles. The van der Waals surface area contributed by atoms with E-state index in [-0.39, 0.29) is 5.97 Å². The Kier molecular flexibility index (Phi) is 12.9. The number of benzene rings is 2. The Balaban J connectivity index is 1.66. The second-order valence-corrected chi connectivity index (χ2v) is 11.4. The van der Waals surface area contributed by atoms with Gasteiger partial charge in [0.1, 0.15) is 11.8 Å². The van der Waals surface area contributed by atoms with Crippen LogP contribution in [0.25, 0.3) is 0 Å². The molecule has 3 heteroatoms. The first-order valence-corrected chi connectivity index (χ1v) is 15.5. The van der Waals surface area contributed by atoms with Crippen LogP contribution >= 0.6 is 0 Å². The SMILES string of the molecule is CCCCCCCCc1ccc(OC(=O)C2(c3ccc(CCCCCCC)cc3)CCCCC2)c(C#N)c1. The van der Waals surface area contributed by atoms with Crippen LogP contribution in [0.3, 0.4) is 0 Å². The van der Waals surface area contributed by atoms with E-state index < -0.39 is 5.41 Å². The van der Waals surface area contributed by atoms with Crippen molar-refractivity contribution in [1.29, 1.82) is 5.26 Å². The lowest BCUT2D eigenvalue weighted by atomic mass is 9.69. The molecule has 0 spiro atoms. The Hall–Kier alpha value is -2.60. The topological polar surface area (TPSA) is 50.1 Å². The van der Waals surface area contributed by atoms with Gasteiger partial charge in [0.2, 0.25) is 0 Å². The predicted octanol–water partition coefficient (Wildman–Crippen LogP) is 9.78. The highest BCUT2D eigenvalue weighted by Gasteiger charge is 2.43. The minimum atomic E-state index is -0.623. The van der Waals surface area contributed by atoms with Gasteiger partial charge >= 0.3 is 5.97 Å². The number of nitriles is 1. The summed E-state index contributed by atoms with van der Waals surface area (Å²) < 4.78 is 6.03. The molecule has 0 heterocycles. The monoisotopic (exact) mass is 515 g/mol. The van der Waals surface area contributed by atoms with Gasteiger partial charge in [0.15, 0.2) is 0 Å². The average molecular weight is 516 g/mol. The van der Waals surface area contributed by atoms with E-state index in [2.05, 4.69) is 44.2 Å². The summed E-state index contributed by atoms with van der Waals surface area (Å²) in [6.45, 7) is 4.49. The van der Waals surface area contributed by atoms with Crippen LogP contribution in [0, 0.1) is 11.3 Å². The third-order valence-corrected chi connectivity index (χ3v) is 8.36. The molecule has 0 aromatic heterocycles.